The lowest BCUT2D eigenvalue weighted by Crippen LogP contribution is -2.12. The van der Waals surface area contributed by atoms with Crippen molar-refractivity contribution in [3.05, 3.63) is 83.6 Å². The fraction of sp³-hybridized carbons (Fsp3) is 0.0952. The van der Waals surface area contributed by atoms with Crippen molar-refractivity contribution in [1.29, 1.82) is 0 Å². The maximum Gasteiger partial charge on any atom is 0.255 e. The molecule has 0 radical (unpaired) electrons. The van der Waals surface area contributed by atoms with Crippen LogP contribution in [0.4, 0.5) is 17.2 Å². The topological polar surface area (TPSA) is 71.1 Å². The molecule has 2 N–H and O–H groups in total. The zero-order chi connectivity index (χ0) is 18.5. The number of hydrogen-bond donors (Lipinski definition) is 2. The normalized spacial score (nSPS) is 10.2. The lowest BCUT2D eigenvalue weighted by atomic mass is 10.1. The molecule has 0 aliphatic heterocycles. The summed E-state index contributed by atoms with van der Waals surface area (Å²) in [7, 11) is 0. The monoisotopic (exact) mass is 345 g/mol. The van der Waals surface area contributed by atoms with Crippen molar-refractivity contribution in [2.45, 2.75) is 13.8 Å². The summed E-state index contributed by atoms with van der Waals surface area (Å²) < 4.78 is 0. The number of pyridine rings is 1. The van der Waals surface area contributed by atoms with Gasteiger partial charge in [-0.15, -0.1) is 0 Å². The fourth-order valence-electron chi connectivity index (χ4n) is 2.41. The highest BCUT2D eigenvalue weighted by molar-refractivity contribution is 6.04. The molecule has 26 heavy (non-hydrogen) atoms. The Morgan fingerprint density at radius 3 is 2.31 bits per heavy atom. The number of nitrogens with zero attached hydrogens (tertiary/aromatic N) is 1. The highest BCUT2D eigenvalue weighted by atomic mass is 16.1. The average molecular weight is 345 g/mol. The molecule has 130 valence electrons. The number of aromatic nitrogens is 1. The Morgan fingerprint density at radius 1 is 0.885 bits per heavy atom. The van der Waals surface area contributed by atoms with Gasteiger partial charge < -0.3 is 10.6 Å². The van der Waals surface area contributed by atoms with Gasteiger partial charge >= 0.3 is 0 Å². The maximum atomic E-state index is 12.2. The number of aryl methyl sites for hydroxylation is 1. The number of ketones is 1. The molecule has 2 aromatic carbocycles. The van der Waals surface area contributed by atoms with Gasteiger partial charge in [-0.2, -0.15) is 0 Å². The van der Waals surface area contributed by atoms with Gasteiger partial charge in [0.15, 0.2) is 5.78 Å². The van der Waals surface area contributed by atoms with E-state index in [9.17, 15) is 9.59 Å². The second-order valence-electron chi connectivity index (χ2n) is 6.01. The number of rotatable bonds is 5. The van der Waals surface area contributed by atoms with E-state index in [0.29, 0.717) is 22.6 Å². The summed E-state index contributed by atoms with van der Waals surface area (Å²) in [5, 5.41) is 5.96. The van der Waals surface area contributed by atoms with Gasteiger partial charge in [-0.25, -0.2) is 4.98 Å². The number of benzene rings is 2. The minimum Gasteiger partial charge on any atom is -0.340 e. The first-order chi connectivity index (χ1) is 12.5. The summed E-state index contributed by atoms with van der Waals surface area (Å²) >= 11 is 0. The SMILES string of the molecule is CC(=O)c1cccc(Nc2ccc(NC(=O)c3ccc(C)cc3)cn2)c1. The fourth-order valence-corrected chi connectivity index (χ4v) is 2.41. The summed E-state index contributed by atoms with van der Waals surface area (Å²) in [6, 6.07) is 18.1. The van der Waals surface area contributed by atoms with Gasteiger partial charge in [0, 0.05) is 16.8 Å². The molecule has 0 aliphatic carbocycles. The van der Waals surface area contributed by atoms with Crippen molar-refractivity contribution in [3.63, 3.8) is 0 Å². The minimum absolute atomic E-state index is 0.00998. The third kappa shape index (κ3) is 4.33. The summed E-state index contributed by atoms with van der Waals surface area (Å²) in [4.78, 5) is 28.0. The Bertz CT molecular complexity index is 932. The van der Waals surface area contributed by atoms with Crippen LogP contribution in [0.2, 0.25) is 0 Å². The molecule has 3 aromatic rings. The van der Waals surface area contributed by atoms with E-state index in [-0.39, 0.29) is 11.7 Å². The van der Waals surface area contributed by atoms with Gasteiger partial charge in [-0.1, -0.05) is 29.8 Å². The molecule has 0 bridgehead atoms. The molecule has 1 heterocycles. The molecule has 1 aromatic heterocycles. The number of Topliss-reactive ketones (excluding diaryl/α,β-unsaturated/α-hetero) is 1. The number of nitrogens with one attached hydrogen (secondary N) is 2. The van der Waals surface area contributed by atoms with Crippen LogP contribution >= 0.6 is 0 Å². The van der Waals surface area contributed by atoms with Crippen molar-refractivity contribution >= 4 is 28.9 Å². The summed E-state index contributed by atoms with van der Waals surface area (Å²) in [5.41, 5.74) is 3.73. The van der Waals surface area contributed by atoms with Crippen LogP contribution in [0.3, 0.4) is 0 Å². The van der Waals surface area contributed by atoms with Gasteiger partial charge in [-0.05, 0) is 50.2 Å². The summed E-state index contributed by atoms with van der Waals surface area (Å²) in [6.07, 6.45) is 1.59. The zero-order valence-corrected chi connectivity index (χ0v) is 14.6. The van der Waals surface area contributed by atoms with E-state index < -0.39 is 0 Å². The van der Waals surface area contributed by atoms with E-state index in [1.807, 2.05) is 31.2 Å². The van der Waals surface area contributed by atoms with Gasteiger partial charge in [0.05, 0.1) is 11.9 Å². The summed E-state index contributed by atoms with van der Waals surface area (Å²) in [5.74, 6) is 0.455. The van der Waals surface area contributed by atoms with Crippen LogP contribution in [0.1, 0.15) is 33.2 Å². The van der Waals surface area contributed by atoms with Gasteiger partial charge in [-0.3, -0.25) is 9.59 Å². The van der Waals surface area contributed by atoms with Gasteiger partial charge in [0.25, 0.3) is 5.91 Å². The van der Waals surface area contributed by atoms with Crippen molar-refractivity contribution in [1.82, 2.24) is 4.98 Å². The Balaban J connectivity index is 1.66. The number of carbonyl (C=O) groups is 2. The molecule has 0 atom stereocenters. The van der Waals surface area contributed by atoms with Gasteiger partial charge in [0.1, 0.15) is 5.82 Å². The minimum atomic E-state index is -0.179. The number of amides is 1. The third-order valence-electron chi connectivity index (χ3n) is 3.88. The van der Waals surface area contributed by atoms with Crippen LogP contribution in [0.15, 0.2) is 66.9 Å². The molecular weight excluding hydrogens is 326 g/mol. The van der Waals surface area contributed by atoms with Crippen molar-refractivity contribution < 1.29 is 9.59 Å². The predicted octanol–water partition coefficient (Wildman–Crippen LogP) is 4.59. The van der Waals surface area contributed by atoms with E-state index in [4.69, 9.17) is 0 Å². The van der Waals surface area contributed by atoms with Crippen LogP contribution in [0, 0.1) is 6.92 Å². The predicted molar refractivity (Wildman–Crippen MR) is 103 cm³/mol. The van der Waals surface area contributed by atoms with Crippen LogP contribution in [0.5, 0.6) is 0 Å². The third-order valence-corrected chi connectivity index (χ3v) is 3.88. The molecular formula is C21H19N3O2. The Morgan fingerprint density at radius 2 is 1.65 bits per heavy atom. The second-order valence-corrected chi connectivity index (χ2v) is 6.01. The molecule has 0 saturated heterocycles. The molecule has 1 amide bonds. The smallest absolute Gasteiger partial charge is 0.255 e. The average Bonchev–Trinajstić information content (AvgIpc) is 2.64. The Labute approximate surface area is 152 Å². The van der Waals surface area contributed by atoms with E-state index in [2.05, 4.69) is 15.6 Å². The standard InChI is InChI=1S/C21H19N3O2/c1-14-6-8-16(9-7-14)21(26)24-19-10-11-20(22-13-19)23-18-5-3-4-17(12-18)15(2)25/h3-13H,1-2H3,(H,22,23)(H,24,26). The van der Waals surface area contributed by atoms with E-state index in [0.717, 1.165) is 11.3 Å². The van der Waals surface area contributed by atoms with E-state index >= 15 is 0 Å². The van der Waals surface area contributed by atoms with Crippen molar-refractivity contribution in [3.8, 4) is 0 Å². The quantitative estimate of drug-likeness (QED) is 0.664. The molecule has 0 aliphatic rings. The molecule has 0 fully saturated rings. The first-order valence-corrected chi connectivity index (χ1v) is 8.23. The molecule has 0 spiro atoms. The van der Waals surface area contributed by atoms with Crippen LogP contribution < -0.4 is 10.6 Å². The van der Waals surface area contributed by atoms with Crippen molar-refractivity contribution in [2.24, 2.45) is 0 Å². The maximum absolute atomic E-state index is 12.2. The van der Waals surface area contributed by atoms with E-state index in [1.54, 1.807) is 42.6 Å². The highest BCUT2D eigenvalue weighted by Gasteiger charge is 2.06. The molecule has 0 saturated carbocycles. The van der Waals surface area contributed by atoms with E-state index in [1.165, 1.54) is 6.92 Å². The zero-order valence-electron chi connectivity index (χ0n) is 14.6. The lowest BCUT2D eigenvalue weighted by Gasteiger charge is -2.09. The van der Waals surface area contributed by atoms with Crippen LogP contribution in [-0.2, 0) is 0 Å². The van der Waals surface area contributed by atoms with Crippen LogP contribution in [-0.4, -0.2) is 16.7 Å². The first-order valence-electron chi connectivity index (χ1n) is 8.23. The number of hydrogen-bond acceptors (Lipinski definition) is 4. The molecule has 5 heteroatoms. The number of carbonyl (C=O) groups excluding carboxylic acids is 2. The Kier molecular flexibility index (Phi) is 5.08. The lowest BCUT2D eigenvalue weighted by molar-refractivity contribution is 0.101. The van der Waals surface area contributed by atoms with Crippen molar-refractivity contribution in [2.75, 3.05) is 10.6 Å². The van der Waals surface area contributed by atoms with Gasteiger partial charge in [0.2, 0.25) is 0 Å². The molecule has 5 nitrogen and oxygen atoms in total. The second kappa shape index (κ2) is 7.61. The molecule has 3 rings (SSSR count). The molecule has 0 unspecified atom stereocenters. The highest BCUT2D eigenvalue weighted by Crippen LogP contribution is 2.18. The summed E-state index contributed by atoms with van der Waals surface area (Å²) in [6.45, 7) is 3.51. The Hall–Kier alpha value is -3.47. The van der Waals surface area contributed by atoms with Crippen LogP contribution in [0.25, 0.3) is 0 Å². The first kappa shape index (κ1) is 17.4. The largest absolute Gasteiger partial charge is 0.340 e. The number of anilines is 3.